The monoisotopic (exact) mass is 173 g/mol. The quantitative estimate of drug-likeness (QED) is 0.507. The Kier molecular flexibility index (Phi) is 8.72. The molecule has 0 heterocycles. The van der Waals surface area contributed by atoms with Crippen molar-refractivity contribution in [2.75, 3.05) is 5.75 Å². The Bertz CT molecular complexity index is 71.3. The Balaban J connectivity index is 3.20. The van der Waals surface area contributed by atoms with Crippen LogP contribution in [-0.4, -0.2) is 5.75 Å². The minimum atomic E-state index is 0.916. The van der Waals surface area contributed by atoms with Crippen LogP contribution in [0, 0.1) is 5.92 Å². The molecule has 0 aromatic rings. The highest BCUT2D eigenvalue weighted by molar-refractivity contribution is 7.80. The van der Waals surface area contributed by atoms with Crippen LogP contribution in [0.5, 0.6) is 0 Å². The largest absolute Gasteiger partial charge is 0.0941 e. The van der Waals surface area contributed by atoms with Gasteiger partial charge in [0.25, 0.3) is 0 Å². The zero-order valence-corrected chi connectivity index (χ0v) is 8.75. The highest BCUT2D eigenvalue weighted by Crippen LogP contribution is 2.17. The lowest BCUT2D eigenvalue weighted by molar-refractivity contribution is 0.436. The number of hydrogen-bond acceptors (Lipinski definition) is 0. The number of hydrogen-bond donors (Lipinski definition) is 0. The standard InChI is InChI=1S/C10H21S/c1-3-5-6-7-10(4-2)8-9-11/h10H,3-9H2,1-2H3. The zero-order valence-electron chi connectivity index (χ0n) is 7.94. The normalized spacial score (nSPS) is 13.4. The van der Waals surface area contributed by atoms with Gasteiger partial charge in [0.15, 0.2) is 0 Å². The molecule has 0 aromatic carbocycles. The highest BCUT2D eigenvalue weighted by Gasteiger charge is 2.03. The molecule has 0 saturated heterocycles. The third-order valence-corrected chi connectivity index (χ3v) is 2.56. The average Bonchev–Trinajstić information content (AvgIpc) is 2.03. The molecular formula is C10H21S. The van der Waals surface area contributed by atoms with Crippen LogP contribution in [-0.2, 0) is 0 Å². The van der Waals surface area contributed by atoms with Gasteiger partial charge in [-0.2, -0.15) is 0 Å². The van der Waals surface area contributed by atoms with Gasteiger partial charge in [0, 0.05) is 5.75 Å². The van der Waals surface area contributed by atoms with Crippen molar-refractivity contribution < 1.29 is 0 Å². The molecule has 0 N–H and O–H groups in total. The summed E-state index contributed by atoms with van der Waals surface area (Å²) in [6, 6.07) is 0. The lowest BCUT2D eigenvalue weighted by Gasteiger charge is -2.11. The van der Waals surface area contributed by atoms with E-state index >= 15 is 0 Å². The Hall–Kier alpha value is 0.350. The van der Waals surface area contributed by atoms with Crippen LogP contribution in [0.2, 0.25) is 0 Å². The second kappa shape index (κ2) is 8.45. The smallest absolute Gasteiger partial charge is 0.00395 e. The third kappa shape index (κ3) is 6.74. The summed E-state index contributed by atoms with van der Waals surface area (Å²) in [5.74, 6) is 1.86. The van der Waals surface area contributed by atoms with Gasteiger partial charge in [-0.3, -0.25) is 0 Å². The molecule has 1 unspecified atom stereocenters. The summed E-state index contributed by atoms with van der Waals surface area (Å²) < 4.78 is 0. The first-order chi connectivity index (χ1) is 5.35. The van der Waals surface area contributed by atoms with Crippen LogP contribution >= 0.6 is 12.6 Å². The lowest BCUT2D eigenvalue weighted by Crippen LogP contribution is -1.99. The van der Waals surface area contributed by atoms with Gasteiger partial charge in [-0.25, -0.2) is 0 Å². The fourth-order valence-corrected chi connectivity index (χ4v) is 1.74. The van der Waals surface area contributed by atoms with Crippen molar-refractivity contribution in [3.63, 3.8) is 0 Å². The van der Waals surface area contributed by atoms with E-state index in [0.29, 0.717) is 0 Å². The second-order valence-corrected chi connectivity index (χ2v) is 3.67. The minimum absolute atomic E-state index is 0.916. The molecule has 0 aliphatic rings. The summed E-state index contributed by atoms with van der Waals surface area (Å²) in [4.78, 5) is 0. The van der Waals surface area contributed by atoms with Gasteiger partial charge in [0.2, 0.25) is 0 Å². The van der Waals surface area contributed by atoms with Crippen LogP contribution in [0.15, 0.2) is 0 Å². The maximum absolute atomic E-state index is 4.97. The number of rotatable bonds is 7. The fourth-order valence-electron chi connectivity index (χ4n) is 1.40. The molecule has 0 aromatic heterocycles. The van der Waals surface area contributed by atoms with Gasteiger partial charge >= 0.3 is 0 Å². The molecule has 0 amide bonds. The van der Waals surface area contributed by atoms with Crippen molar-refractivity contribution >= 4 is 12.6 Å². The maximum atomic E-state index is 4.97. The fraction of sp³-hybridized carbons (Fsp3) is 1.00. The summed E-state index contributed by atoms with van der Waals surface area (Å²) in [7, 11) is 0. The van der Waals surface area contributed by atoms with Gasteiger partial charge in [0.1, 0.15) is 0 Å². The molecule has 11 heavy (non-hydrogen) atoms. The summed E-state index contributed by atoms with van der Waals surface area (Å²) in [6.07, 6.45) is 8.12. The topological polar surface area (TPSA) is 0 Å². The Morgan fingerprint density at radius 2 is 1.82 bits per heavy atom. The first-order valence-electron chi connectivity index (χ1n) is 4.93. The van der Waals surface area contributed by atoms with Gasteiger partial charge < -0.3 is 0 Å². The summed E-state index contributed by atoms with van der Waals surface area (Å²) in [5, 5.41) is 0. The molecule has 0 aliphatic heterocycles. The lowest BCUT2D eigenvalue weighted by atomic mass is 9.96. The van der Waals surface area contributed by atoms with Crippen molar-refractivity contribution in [2.45, 2.75) is 52.4 Å². The van der Waals surface area contributed by atoms with E-state index in [0.717, 1.165) is 11.7 Å². The molecule has 1 heteroatoms. The average molecular weight is 173 g/mol. The molecule has 1 radical (unpaired) electrons. The van der Waals surface area contributed by atoms with Crippen molar-refractivity contribution in [1.82, 2.24) is 0 Å². The summed E-state index contributed by atoms with van der Waals surface area (Å²) in [5.41, 5.74) is 0. The van der Waals surface area contributed by atoms with Gasteiger partial charge in [-0.05, 0) is 12.3 Å². The van der Waals surface area contributed by atoms with Crippen LogP contribution in [0.1, 0.15) is 52.4 Å². The maximum Gasteiger partial charge on any atom is 0.00395 e. The van der Waals surface area contributed by atoms with Crippen LogP contribution < -0.4 is 0 Å². The molecule has 67 valence electrons. The molecule has 0 saturated carbocycles. The van der Waals surface area contributed by atoms with Crippen molar-refractivity contribution in [1.29, 1.82) is 0 Å². The molecule has 0 fully saturated rings. The SMILES string of the molecule is CCCCCC(CC)CC[S]. The molecule has 1 atom stereocenters. The second-order valence-electron chi connectivity index (χ2n) is 3.26. The summed E-state index contributed by atoms with van der Waals surface area (Å²) >= 11 is 4.97. The molecule has 0 bridgehead atoms. The van der Waals surface area contributed by atoms with Crippen LogP contribution in [0.3, 0.4) is 0 Å². The first-order valence-corrected chi connectivity index (χ1v) is 5.50. The minimum Gasteiger partial charge on any atom is -0.0941 e. The van der Waals surface area contributed by atoms with Crippen LogP contribution in [0.25, 0.3) is 0 Å². The van der Waals surface area contributed by atoms with Gasteiger partial charge in [0.05, 0.1) is 0 Å². The molecule has 0 nitrogen and oxygen atoms in total. The highest BCUT2D eigenvalue weighted by atomic mass is 32.1. The van der Waals surface area contributed by atoms with E-state index in [-0.39, 0.29) is 0 Å². The predicted octanol–water partition coefficient (Wildman–Crippen LogP) is 4.18. The van der Waals surface area contributed by atoms with E-state index in [1.165, 1.54) is 38.5 Å². The van der Waals surface area contributed by atoms with E-state index in [2.05, 4.69) is 13.8 Å². The Labute approximate surface area is 77.2 Å². The van der Waals surface area contributed by atoms with Crippen LogP contribution in [0.4, 0.5) is 0 Å². The van der Waals surface area contributed by atoms with Gasteiger partial charge in [-0.1, -0.05) is 58.6 Å². The van der Waals surface area contributed by atoms with E-state index in [1.807, 2.05) is 0 Å². The van der Waals surface area contributed by atoms with Gasteiger partial charge in [-0.15, -0.1) is 0 Å². The summed E-state index contributed by atoms with van der Waals surface area (Å²) in [6.45, 7) is 4.54. The molecular weight excluding hydrogens is 152 g/mol. The predicted molar refractivity (Wildman–Crippen MR) is 55.0 cm³/mol. The van der Waals surface area contributed by atoms with E-state index < -0.39 is 0 Å². The Morgan fingerprint density at radius 1 is 1.09 bits per heavy atom. The molecule has 0 rings (SSSR count). The third-order valence-electron chi connectivity index (χ3n) is 2.32. The van der Waals surface area contributed by atoms with E-state index in [4.69, 9.17) is 12.6 Å². The Morgan fingerprint density at radius 3 is 2.27 bits per heavy atom. The van der Waals surface area contributed by atoms with E-state index in [1.54, 1.807) is 0 Å². The van der Waals surface area contributed by atoms with Crippen molar-refractivity contribution in [3.8, 4) is 0 Å². The number of unbranched alkanes of at least 4 members (excludes halogenated alkanes) is 2. The van der Waals surface area contributed by atoms with E-state index in [9.17, 15) is 0 Å². The van der Waals surface area contributed by atoms with Crippen molar-refractivity contribution in [3.05, 3.63) is 0 Å². The molecule has 0 aliphatic carbocycles. The first kappa shape index (κ1) is 11.4. The zero-order chi connectivity index (χ0) is 8.53. The van der Waals surface area contributed by atoms with Crippen molar-refractivity contribution in [2.24, 2.45) is 5.92 Å². The molecule has 0 spiro atoms.